The number of carboxylic acids is 1. The van der Waals surface area contributed by atoms with Crippen LogP contribution in [0.3, 0.4) is 0 Å². The predicted octanol–water partition coefficient (Wildman–Crippen LogP) is 1.65. The maximum Gasteiger partial charge on any atom is 0.412 e. The van der Waals surface area contributed by atoms with E-state index in [1.165, 1.54) is 19.1 Å². The molecule has 27 heavy (non-hydrogen) atoms. The Bertz CT molecular complexity index is 816. The number of ether oxygens (including phenoxy) is 2. The van der Waals surface area contributed by atoms with Crippen LogP contribution in [0.5, 0.6) is 5.75 Å². The summed E-state index contributed by atoms with van der Waals surface area (Å²) in [5.41, 5.74) is -1.54. The minimum Gasteiger partial charge on any atom is -0.480 e. The molecule has 0 saturated carbocycles. The van der Waals surface area contributed by atoms with Crippen LogP contribution in [0, 0.1) is 0 Å². The molecule has 9 nitrogen and oxygen atoms in total. The zero-order valence-corrected chi connectivity index (χ0v) is 15.5. The van der Waals surface area contributed by atoms with Crippen LogP contribution in [0.4, 0.5) is 10.5 Å². The monoisotopic (exact) mass is 378 g/mol. The van der Waals surface area contributed by atoms with E-state index >= 15 is 0 Å². The predicted molar refractivity (Wildman–Crippen MR) is 93.2 cm³/mol. The second kappa shape index (κ2) is 6.12. The number of carbonyl (C=O) groups is 3. The van der Waals surface area contributed by atoms with Gasteiger partial charge in [0, 0.05) is 30.7 Å². The molecule has 2 heterocycles. The van der Waals surface area contributed by atoms with E-state index in [9.17, 15) is 24.6 Å². The summed E-state index contributed by atoms with van der Waals surface area (Å²) in [4.78, 5) is 36.5. The lowest BCUT2D eigenvalue weighted by Crippen LogP contribution is -2.51. The summed E-state index contributed by atoms with van der Waals surface area (Å²) < 4.78 is 10.4. The molecule has 2 aliphatic heterocycles. The van der Waals surface area contributed by atoms with Crippen molar-refractivity contribution in [1.29, 1.82) is 0 Å². The molecule has 0 radical (unpaired) electrons. The van der Waals surface area contributed by atoms with E-state index in [2.05, 4.69) is 5.32 Å². The van der Waals surface area contributed by atoms with Gasteiger partial charge in [-0.05, 0) is 26.8 Å². The molecular formula is C18H22N2O7. The molecule has 0 aromatic heterocycles. The summed E-state index contributed by atoms with van der Waals surface area (Å²) in [6.45, 7) is 6.28. The summed E-state index contributed by atoms with van der Waals surface area (Å²) in [6.07, 6.45) is -2.05. The number of esters is 1. The lowest BCUT2D eigenvalue weighted by Gasteiger charge is -2.31. The van der Waals surface area contributed by atoms with Gasteiger partial charge >= 0.3 is 18.0 Å². The van der Waals surface area contributed by atoms with Crippen LogP contribution in [-0.4, -0.2) is 51.0 Å². The third-order valence-electron chi connectivity index (χ3n) is 4.47. The Labute approximate surface area is 155 Å². The summed E-state index contributed by atoms with van der Waals surface area (Å²) in [5, 5.41) is 23.7. The van der Waals surface area contributed by atoms with Crippen molar-refractivity contribution in [2.45, 2.75) is 57.5 Å². The van der Waals surface area contributed by atoms with Crippen LogP contribution in [-0.2, 0) is 19.9 Å². The number of nitrogens with zero attached hydrogens (tertiary/aromatic N) is 1. The lowest BCUT2D eigenvalue weighted by molar-refractivity contribution is -0.142. The van der Waals surface area contributed by atoms with E-state index in [0.717, 1.165) is 4.90 Å². The average molecular weight is 378 g/mol. The van der Waals surface area contributed by atoms with Crippen molar-refractivity contribution in [1.82, 2.24) is 4.90 Å². The number of hydrogen-bond acceptors (Lipinski definition) is 7. The van der Waals surface area contributed by atoms with Gasteiger partial charge in [0.2, 0.25) is 0 Å². The Balaban J connectivity index is 1.97. The number of hydrogen-bond donors (Lipinski definition) is 3. The SMILES string of the molecule is CC(=O)Oc1ccc2c(c1)N[C@H]1N(C(=O)OC(C)(C)C)C(C(=O)O)C[C@@]21O. The van der Waals surface area contributed by atoms with Crippen LogP contribution in [0.2, 0.25) is 0 Å². The van der Waals surface area contributed by atoms with Crippen molar-refractivity contribution in [3.05, 3.63) is 23.8 Å². The fourth-order valence-corrected chi connectivity index (χ4v) is 3.51. The zero-order valence-electron chi connectivity index (χ0n) is 15.5. The Hall–Kier alpha value is -2.81. The normalized spacial score (nSPS) is 26.0. The summed E-state index contributed by atoms with van der Waals surface area (Å²) in [5.74, 6) is -1.45. The number of rotatable bonds is 2. The quantitative estimate of drug-likeness (QED) is 0.524. The van der Waals surface area contributed by atoms with E-state index in [-0.39, 0.29) is 12.2 Å². The third kappa shape index (κ3) is 3.30. The molecule has 3 N–H and O–H groups in total. The Morgan fingerprint density at radius 3 is 2.52 bits per heavy atom. The molecule has 0 aliphatic carbocycles. The van der Waals surface area contributed by atoms with Gasteiger partial charge in [0.15, 0.2) is 0 Å². The number of fused-ring (bicyclic) bond motifs is 3. The highest BCUT2D eigenvalue weighted by molar-refractivity contribution is 5.84. The fraction of sp³-hybridized carbons (Fsp3) is 0.500. The number of likely N-dealkylation sites (tertiary alicyclic amines) is 1. The number of anilines is 1. The number of carbonyl (C=O) groups excluding carboxylic acids is 2. The van der Waals surface area contributed by atoms with Gasteiger partial charge in [-0.25, -0.2) is 9.59 Å². The first-order valence-electron chi connectivity index (χ1n) is 8.48. The van der Waals surface area contributed by atoms with Gasteiger partial charge in [-0.1, -0.05) is 6.07 Å². The first-order valence-corrected chi connectivity index (χ1v) is 8.48. The number of aliphatic carboxylic acids is 1. The highest BCUT2D eigenvalue weighted by Gasteiger charge is 2.61. The smallest absolute Gasteiger partial charge is 0.412 e. The first kappa shape index (κ1) is 19.0. The molecule has 3 atom stereocenters. The van der Waals surface area contributed by atoms with Gasteiger partial charge in [-0.2, -0.15) is 0 Å². The van der Waals surface area contributed by atoms with Crippen LogP contribution >= 0.6 is 0 Å². The second-order valence-corrected chi connectivity index (χ2v) is 7.72. The van der Waals surface area contributed by atoms with Crippen LogP contribution < -0.4 is 10.1 Å². The van der Waals surface area contributed by atoms with Crippen molar-refractivity contribution in [3.8, 4) is 5.75 Å². The Kier molecular flexibility index (Phi) is 4.30. The molecular weight excluding hydrogens is 356 g/mol. The Morgan fingerprint density at radius 1 is 1.30 bits per heavy atom. The van der Waals surface area contributed by atoms with Gasteiger partial charge in [-0.15, -0.1) is 0 Å². The Morgan fingerprint density at radius 2 is 1.96 bits per heavy atom. The number of carboxylic acid groups (broad SMARTS) is 1. The number of aliphatic hydroxyl groups is 1. The summed E-state index contributed by atoms with van der Waals surface area (Å²) >= 11 is 0. The van der Waals surface area contributed by atoms with Gasteiger partial charge in [0.1, 0.15) is 29.2 Å². The molecule has 1 aromatic carbocycles. The highest BCUT2D eigenvalue weighted by atomic mass is 16.6. The van der Waals surface area contributed by atoms with Crippen molar-refractivity contribution in [2.75, 3.05) is 5.32 Å². The van der Waals surface area contributed by atoms with Crippen LogP contribution in [0.25, 0.3) is 0 Å². The largest absolute Gasteiger partial charge is 0.480 e. The van der Waals surface area contributed by atoms with Crippen molar-refractivity contribution in [3.63, 3.8) is 0 Å². The molecule has 1 fully saturated rings. The number of amides is 1. The molecule has 146 valence electrons. The maximum absolute atomic E-state index is 12.6. The van der Waals surface area contributed by atoms with E-state index in [0.29, 0.717) is 11.3 Å². The fourth-order valence-electron chi connectivity index (χ4n) is 3.51. The molecule has 1 aromatic rings. The minimum absolute atomic E-state index is 0.195. The average Bonchev–Trinajstić information content (AvgIpc) is 2.93. The van der Waals surface area contributed by atoms with Crippen LogP contribution in [0.1, 0.15) is 39.7 Å². The van der Waals surface area contributed by atoms with Gasteiger partial charge in [0.25, 0.3) is 0 Å². The molecule has 1 saturated heterocycles. The number of benzene rings is 1. The maximum atomic E-state index is 12.6. The topological polar surface area (TPSA) is 125 Å². The van der Waals surface area contributed by atoms with Gasteiger partial charge in [-0.3, -0.25) is 9.69 Å². The van der Waals surface area contributed by atoms with Crippen molar-refractivity contribution < 1.29 is 34.1 Å². The molecule has 2 aliphatic rings. The van der Waals surface area contributed by atoms with Gasteiger partial charge in [0.05, 0.1) is 0 Å². The third-order valence-corrected chi connectivity index (χ3v) is 4.47. The first-order chi connectivity index (χ1) is 12.4. The standard InChI is InChI=1S/C18H22N2O7/c1-9(21)26-10-5-6-11-12(7-10)19-15-18(11,25)8-13(14(22)23)20(15)16(24)27-17(2,3)4/h5-7,13,15,19,25H,8H2,1-4H3,(H,22,23)/t13?,15-,18+/m0/s1. The molecule has 0 spiro atoms. The molecule has 3 rings (SSSR count). The summed E-state index contributed by atoms with van der Waals surface area (Å²) in [7, 11) is 0. The molecule has 1 amide bonds. The van der Waals surface area contributed by atoms with E-state index < -0.39 is 41.4 Å². The molecule has 1 unspecified atom stereocenters. The molecule has 9 heteroatoms. The van der Waals surface area contributed by atoms with Crippen molar-refractivity contribution >= 4 is 23.7 Å². The zero-order chi connectivity index (χ0) is 20.1. The van der Waals surface area contributed by atoms with Gasteiger partial charge < -0.3 is 25.0 Å². The second-order valence-electron chi connectivity index (χ2n) is 7.72. The van der Waals surface area contributed by atoms with Crippen molar-refractivity contribution in [2.24, 2.45) is 0 Å². The minimum atomic E-state index is -1.61. The highest BCUT2D eigenvalue weighted by Crippen LogP contribution is 2.50. The van der Waals surface area contributed by atoms with E-state index in [4.69, 9.17) is 9.47 Å². The van der Waals surface area contributed by atoms with Crippen LogP contribution in [0.15, 0.2) is 18.2 Å². The molecule has 0 bridgehead atoms. The van der Waals surface area contributed by atoms with E-state index in [1.807, 2.05) is 0 Å². The summed E-state index contributed by atoms with van der Waals surface area (Å²) in [6, 6.07) is 3.34. The number of nitrogens with one attached hydrogen (secondary N) is 1. The van der Waals surface area contributed by atoms with E-state index in [1.54, 1.807) is 26.8 Å². The lowest BCUT2D eigenvalue weighted by atomic mass is 9.91.